The molecule has 5 heteroatoms. The van der Waals surface area contributed by atoms with Crippen LogP contribution in [0.2, 0.25) is 0 Å². The maximum absolute atomic E-state index is 12.1. The van der Waals surface area contributed by atoms with Gasteiger partial charge in [0.15, 0.2) is 6.61 Å². The Kier molecular flexibility index (Phi) is 6.85. The zero-order valence-corrected chi connectivity index (χ0v) is 16.1. The molecule has 5 nitrogen and oxygen atoms in total. The quantitative estimate of drug-likeness (QED) is 0.778. The molecule has 144 valence electrons. The van der Waals surface area contributed by atoms with Crippen molar-refractivity contribution in [1.82, 2.24) is 10.2 Å². The molecule has 2 aromatic rings. The van der Waals surface area contributed by atoms with Gasteiger partial charge in [-0.15, -0.1) is 0 Å². The minimum atomic E-state index is -0.117. The second-order valence-electron chi connectivity index (χ2n) is 7.15. The number of ether oxygens (including phenoxy) is 2. The summed E-state index contributed by atoms with van der Waals surface area (Å²) in [6.45, 7) is 2.10. The zero-order chi connectivity index (χ0) is 19.1. The fourth-order valence-corrected chi connectivity index (χ4v) is 3.22. The molecule has 0 aromatic heterocycles. The SMILES string of the molecule is CN(C)Cc1cc(-c2ccccc2)ccc1OCC(=O)NCC1CCCO1. The summed E-state index contributed by atoms with van der Waals surface area (Å²) in [7, 11) is 4.04. The van der Waals surface area contributed by atoms with E-state index in [0.717, 1.165) is 42.9 Å². The van der Waals surface area contributed by atoms with Crippen molar-refractivity contribution in [2.75, 3.05) is 33.9 Å². The molecular formula is C22H28N2O3. The van der Waals surface area contributed by atoms with Gasteiger partial charge in [-0.3, -0.25) is 4.79 Å². The van der Waals surface area contributed by atoms with Gasteiger partial charge in [0.1, 0.15) is 5.75 Å². The third kappa shape index (κ3) is 5.81. The highest BCUT2D eigenvalue weighted by molar-refractivity contribution is 5.77. The van der Waals surface area contributed by atoms with Crippen LogP contribution in [0.15, 0.2) is 48.5 Å². The molecule has 0 saturated carbocycles. The van der Waals surface area contributed by atoms with E-state index >= 15 is 0 Å². The van der Waals surface area contributed by atoms with E-state index in [1.165, 1.54) is 5.56 Å². The molecule has 1 atom stereocenters. The molecule has 0 aliphatic carbocycles. The van der Waals surface area contributed by atoms with Gasteiger partial charge < -0.3 is 19.7 Å². The topological polar surface area (TPSA) is 50.8 Å². The fourth-order valence-electron chi connectivity index (χ4n) is 3.22. The molecule has 0 spiro atoms. The summed E-state index contributed by atoms with van der Waals surface area (Å²) in [5.74, 6) is 0.629. The number of carbonyl (C=O) groups is 1. The lowest BCUT2D eigenvalue weighted by atomic mass is 10.0. The lowest BCUT2D eigenvalue weighted by Gasteiger charge is -2.17. The molecule has 1 fully saturated rings. The molecule has 1 saturated heterocycles. The number of benzene rings is 2. The summed E-state index contributed by atoms with van der Waals surface area (Å²) >= 11 is 0. The highest BCUT2D eigenvalue weighted by atomic mass is 16.5. The molecular weight excluding hydrogens is 340 g/mol. The zero-order valence-electron chi connectivity index (χ0n) is 16.1. The van der Waals surface area contributed by atoms with E-state index in [-0.39, 0.29) is 18.6 Å². The maximum atomic E-state index is 12.1. The van der Waals surface area contributed by atoms with Gasteiger partial charge in [0.05, 0.1) is 6.10 Å². The number of carbonyl (C=O) groups excluding carboxylic acids is 1. The van der Waals surface area contributed by atoms with Gasteiger partial charge in [-0.2, -0.15) is 0 Å². The van der Waals surface area contributed by atoms with Crippen LogP contribution in [-0.4, -0.2) is 50.8 Å². The van der Waals surface area contributed by atoms with Gasteiger partial charge in [0.25, 0.3) is 5.91 Å². The highest BCUT2D eigenvalue weighted by Crippen LogP contribution is 2.27. The van der Waals surface area contributed by atoms with Crippen LogP contribution in [0.1, 0.15) is 18.4 Å². The monoisotopic (exact) mass is 368 g/mol. The minimum absolute atomic E-state index is 0.0117. The molecule has 0 radical (unpaired) electrons. The van der Waals surface area contributed by atoms with Crippen LogP contribution in [0, 0.1) is 0 Å². The van der Waals surface area contributed by atoms with E-state index in [2.05, 4.69) is 28.4 Å². The lowest BCUT2D eigenvalue weighted by Crippen LogP contribution is -2.35. The van der Waals surface area contributed by atoms with Gasteiger partial charge in [0.2, 0.25) is 0 Å². The second kappa shape index (κ2) is 9.53. The number of hydrogen-bond donors (Lipinski definition) is 1. The Labute approximate surface area is 161 Å². The Balaban J connectivity index is 1.63. The van der Waals surface area contributed by atoms with Crippen molar-refractivity contribution in [3.8, 4) is 16.9 Å². The smallest absolute Gasteiger partial charge is 0.258 e. The predicted octanol–water partition coefficient (Wildman–Crippen LogP) is 3.09. The van der Waals surface area contributed by atoms with E-state index in [4.69, 9.17) is 9.47 Å². The van der Waals surface area contributed by atoms with Crippen LogP contribution in [0.4, 0.5) is 0 Å². The average Bonchev–Trinajstić information content (AvgIpc) is 3.19. The standard InChI is InChI=1S/C22H28N2O3/c1-24(2)15-19-13-18(17-7-4-3-5-8-17)10-11-21(19)27-16-22(25)23-14-20-9-6-12-26-20/h3-5,7-8,10-11,13,20H,6,9,12,14-16H2,1-2H3,(H,23,25). The van der Waals surface area contributed by atoms with Gasteiger partial charge in [-0.25, -0.2) is 0 Å². The molecule has 1 amide bonds. The first-order valence-corrected chi connectivity index (χ1v) is 9.46. The van der Waals surface area contributed by atoms with E-state index in [9.17, 15) is 4.79 Å². The minimum Gasteiger partial charge on any atom is -0.483 e. The average molecular weight is 368 g/mol. The van der Waals surface area contributed by atoms with E-state index in [1.54, 1.807) is 0 Å². The van der Waals surface area contributed by atoms with Gasteiger partial charge in [-0.05, 0) is 50.2 Å². The molecule has 1 unspecified atom stereocenters. The van der Waals surface area contributed by atoms with Crippen molar-refractivity contribution in [1.29, 1.82) is 0 Å². The first kappa shape index (κ1) is 19.4. The molecule has 0 bridgehead atoms. The van der Waals surface area contributed by atoms with Crippen LogP contribution in [-0.2, 0) is 16.1 Å². The summed E-state index contributed by atoms with van der Waals surface area (Å²) in [5.41, 5.74) is 3.37. The van der Waals surface area contributed by atoms with Crippen LogP contribution >= 0.6 is 0 Å². The van der Waals surface area contributed by atoms with E-state index < -0.39 is 0 Å². The number of rotatable bonds is 8. The Hall–Kier alpha value is -2.37. The van der Waals surface area contributed by atoms with Crippen molar-refractivity contribution in [3.05, 3.63) is 54.1 Å². The largest absolute Gasteiger partial charge is 0.483 e. The maximum Gasteiger partial charge on any atom is 0.258 e. The molecule has 1 heterocycles. The normalized spacial score (nSPS) is 16.5. The molecule has 1 N–H and O–H groups in total. The van der Waals surface area contributed by atoms with E-state index in [0.29, 0.717) is 6.54 Å². The highest BCUT2D eigenvalue weighted by Gasteiger charge is 2.16. The van der Waals surface area contributed by atoms with Crippen molar-refractivity contribution in [3.63, 3.8) is 0 Å². The number of nitrogens with zero attached hydrogens (tertiary/aromatic N) is 1. The Morgan fingerprint density at radius 2 is 2.00 bits per heavy atom. The van der Waals surface area contributed by atoms with Crippen LogP contribution in [0.3, 0.4) is 0 Å². The summed E-state index contributed by atoms with van der Waals surface area (Å²) < 4.78 is 11.3. The molecule has 2 aromatic carbocycles. The second-order valence-corrected chi connectivity index (χ2v) is 7.15. The number of hydrogen-bond acceptors (Lipinski definition) is 4. The Morgan fingerprint density at radius 1 is 1.19 bits per heavy atom. The first-order valence-electron chi connectivity index (χ1n) is 9.46. The summed E-state index contributed by atoms with van der Waals surface area (Å²) in [6, 6.07) is 16.4. The van der Waals surface area contributed by atoms with Crippen LogP contribution in [0.5, 0.6) is 5.75 Å². The molecule has 1 aliphatic heterocycles. The molecule has 3 rings (SSSR count). The third-order valence-electron chi connectivity index (χ3n) is 4.56. The van der Waals surface area contributed by atoms with Crippen molar-refractivity contribution < 1.29 is 14.3 Å². The van der Waals surface area contributed by atoms with Gasteiger partial charge in [-0.1, -0.05) is 36.4 Å². The van der Waals surface area contributed by atoms with Gasteiger partial charge in [0, 0.05) is 25.3 Å². The van der Waals surface area contributed by atoms with Crippen LogP contribution < -0.4 is 10.1 Å². The number of amides is 1. The third-order valence-corrected chi connectivity index (χ3v) is 4.56. The summed E-state index contributed by atoms with van der Waals surface area (Å²) in [4.78, 5) is 14.2. The summed E-state index contributed by atoms with van der Waals surface area (Å²) in [6.07, 6.45) is 2.22. The van der Waals surface area contributed by atoms with Crippen LogP contribution in [0.25, 0.3) is 11.1 Å². The lowest BCUT2D eigenvalue weighted by molar-refractivity contribution is -0.123. The fraction of sp³-hybridized carbons (Fsp3) is 0.409. The van der Waals surface area contributed by atoms with Crippen molar-refractivity contribution >= 4 is 5.91 Å². The predicted molar refractivity (Wildman–Crippen MR) is 107 cm³/mol. The van der Waals surface area contributed by atoms with Gasteiger partial charge >= 0.3 is 0 Å². The van der Waals surface area contributed by atoms with E-state index in [1.807, 2.05) is 44.4 Å². The Morgan fingerprint density at radius 3 is 2.70 bits per heavy atom. The van der Waals surface area contributed by atoms with Crippen molar-refractivity contribution in [2.24, 2.45) is 0 Å². The number of nitrogens with one attached hydrogen (secondary N) is 1. The molecule has 1 aliphatic rings. The van der Waals surface area contributed by atoms with Crippen molar-refractivity contribution in [2.45, 2.75) is 25.5 Å². The molecule has 27 heavy (non-hydrogen) atoms. The summed E-state index contributed by atoms with van der Waals surface area (Å²) in [5, 5.41) is 2.89. The Bertz CT molecular complexity index is 740. The first-order chi connectivity index (χ1) is 13.1.